The van der Waals surface area contributed by atoms with Crippen LogP contribution in [-0.2, 0) is 9.59 Å². The standard InChI is InChI=1S/C9H20N4O2/c1-3-13(7-9(11)15)5-4-12(2)6-8(10)14/h3-7H2,1-2H3,(H2,10,14)(H2,11,15). The molecular formula is C9H20N4O2. The molecule has 15 heavy (non-hydrogen) atoms. The summed E-state index contributed by atoms with van der Waals surface area (Å²) in [6.45, 7) is 4.58. The van der Waals surface area contributed by atoms with Crippen LogP contribution in [0.5, 0.6) is 0 Å². The molecule has 0 saturated heterocycles. The zero-order valence-corrected chi connectivity index (χ0v) is 9.40. The highest BCUT2D eigenvalue weighted by Gasteiger charge is 2.08. The van der Waals surface area contributed by atoms with Crippen LogP contribution in [0.1, 0.15) is 6.92 Å². The van der Waals surface area contributed by atoms with E-state index in [2.05, 4.69) is 0 Å². The van der Waals surface area contributed by atoms with Gasteiger partial charge in [0.15, 0.2) is 0 Å². The van der Waals surface area contributed by atoms with Crippen molar-refractivity contribution < 1.29 is 9.59 Å². The SMILES string of the molecule is CCN(CCN(C)CC(N)=O)CC(N)=O. The van der Waals surface area contributed by atoms with Crippen LogP contribution in [0.4, 0.5) is 0 Å². The molecule has 0 bridgehead atoms. The van der Waals surface area contributed by atoms with Crippen molar-refractivity contribution in [3.05, 3.63) is 0 Å². The summed E-state index contributed by atoms with van der Waals surface area (Å²) in [6, 6.07) is 0. The van der Waals surface area contributed by atoms with Gasteiger partial charge in [-0.15, -0.1) is 0 Å². The normalized spacial score (nSPS) is 10.9. The van der Waals surface area contributed by atoms with E-state index in [1.807, 2.05) is 23.8 Å². The van der Waals surface area contributed by atoms with Gasteiger partial charge in [0, 0.05) is 13.1 Å². The maximum Gasteiger partial charge on any atom is 0.231 e. The van der Waals surface area contributed by atoms with Crippen LogP contribution >= 0.6 is 0 Å². The first-order chi connectivity index (χ1) is 6.95. The average molecular weight is 216 g/mol. The van der Waals surface area contributed by atoms with Crippen molar-refractivity contribution in [2.24, 2.45) is 11.5 Å². The Labute approximate surface area is 90.2 Å². The predicted molar refractivity (Wildman–Crippen MR) is 58.0 cm³/mol. The first-order valence-corrected chi connectivity index (χ1v) is 4.93. The first-order valence-electron chi connectivity index (χ1n) is 4.93. The second-order valence-corrected chi connectivity index (χ2v) is 3.54. The van der Waals surface area contributed by atoms with Crippen molar-refractivity contribution in [1.82, 2.24) is 9.80 Å². The molecule has 0 aromatic rings. The van der Waals surface area contributed by atoms with E-state index >= 15 is 0 Å². The van der Waals surface area contributed by atoms with Crippen molar-refractivity contribution in [2.45, 2.75) is 6.92 Å². The molecule has 0 aliphatic rings. The molecule has 0 rings (SSSR count). The third-order valence-corrected chi connectivity index (χ3v) is 2.05. The van der Waals surface area contributed by atoms with Gasteiger partial charge in [-0.05, 0) is 13.6 Å². The van der Waals surface area contributed by atoms with E-state index in [0.29, 0.717) is 13.1 Å². The van der Waals surface area contributed by atoms with Crippen LogP contribution in [0.3, 0.4) is 0 Å². The highest BCUT2D eigenvalue weighted by molar-refractivity contribution is 5.76. The van der Waals surface area contributed by atoms with Crippen molar-refractivity contribution in [3.8, 4) is 0 Å². The Morgan fingerprint density at radius 3 is 2.00 bits per heavy atom. The molecule has 0 aliphatic heterocycles. The summed E-state index contributed by atoms with van der Waals surface area (Å²) >= 11 is 0. The van der Waals surface area contributed by atoms with E-state index in [0.717, 1.165) is 6.54 Å². The topological polar surface area (TPSA) is 92.7 Å². The molecule has 0 radical (unpaired) electrons. The predicted octanol–water partition coefficient (Wildman–Crippen LogP) is -1.79. The summed E-state index contributed by atoms with van der Waals surface area (Å²) in [5, 5.41) is 0. The number of primary amides is 2. The minimum atomic E-state index is -0.351. The molecule has 4 N–H and O–H groups in total. The molecule has 0 spiro atoms. The van der Waals surface area contributed by atoms with Gasteiger partial charge in [0.05, 0.1) is 13.1 Å². The van der Waals surface area contributed by atoms with E-state index in [-0.39, 0.29) is 24.9 Å². The average Bonchev–Trinajstić information content (AvgIpc) is 2.10. The number of likely N-dealkylation sites (N-methyl/N-ethyl adjacent to an activating group) is 2. The Bertz CT molecular complexity index is 220. The number of nitrogens with zero attached hydrogens (tertiary/aromatic N) is 2. The van der Waals surface area contributed by atoms with Crippen LogP contribution in [0.15, 0.2) is 0 Å². The zero-order valence-electron chi connectivity index (χ0n) is 9.40. The molecule has 0 aromatic carbocycles. The molecule has 6 nitrogen and oxygen atoms in total. The third-order valence-electron chi connectivity index (χ3n) is 2.05. The summed E-state index contributed by atoms with van der Waals surface area (Å²) in [5.41, 5.74) is 10.1. The van der Waals surface area contributed by atoms with E-state index in [9.17, 15) is 9.59 Å². The number of carbonyl (C=O) groups excluding carboxylic acids is 2. The van der Waals surface area contributed by atoms with Gasteiger partial charge in [-0.2, -0.15) is 0 Å². The van der Waals surface area contributed by atoms with Gasteiger partial charge in [-0.3, -0.25) is 19.4 Å². The fourth-order valence-corrected chi connectivity index (χ4v) is 1.23. The summed E-state index contributed by atoms with van der Waals surface area (Å²) in [4.78, 5) is 25.0. The molecule has 88 valence electrons. The van der Waals surface area contributed by atoms with Gasteiger partial charge in [-0.25, -0.2) is 0 Å². The first kappa shape index (κ1) is 13.9. The molecule has 0 unspecified atom stereocenters. The summed E-state index contributed by atoms with van der Waals surface area (Å²) in [6.07, 6.45) is 0. The monoisotopic (exact) mass is 216 g/mol. The van der Waals surface area contributed by atoms with Gasteiger partial charge in [-0.1, -0.05) is 6.92 Å². The van der Waals surface area contributed by atoms with E-state index in [1.54, 1.807) is 0 Å². The Morgan fingerprint density at radius 1 is 1.07 bits per heavy atom. The van der Waals surface area contributed by atoms with Crippen LogP contribution in [-0.4, -0.2) is 61.4 Å². The fraction of sp³-hybridized carbons (Fsp3) is 0.778. The van der Waals surface area contributed by atoms with Crippen LogP contribution in [0, 0.1) is 0 Å². The van der Waals surface area contributed by atoms with E-state index in [1.165, 1.54) is 0 Å². The van der Waals surface area contributed by atoms with Gasteiger partial charge >= 0.3 is 0 Å². The number of hydrogen-bond acceptors (Lipinski definition) is 4. The zero-order chi connectivity index (χ0) is 11.8. The summed E-state index contributed by atoms with van der Waals surface area (Å²) in [5.74, 6) is -0.690. The van der Waals surface area contributed by atoms with Crippen molar-refractivity contribution in [2.75, 3.05) is 39.8 Å². The quantitative estimate of drug-likeness (QED) is 0.501. The van der Waals surface area contributed by atoms with Crippen molar-refractivity contribution >= 4 is 11.8 Å². The fourth-order valence-electron chi connectivity index (χ4n) is 1.23. The van der Waals surface area contributed by atoms with Gasteiger partial charge in [0.25, 0.3) is 0 Å². The number of nitrogens with two attached hydrogens (primary N) is 2. The molecule has 0 fully saturated rings. The Kier molecular flexibility index (Phi) is 6.64. The van der Waals surface area contributed by atoms with Gasteiger partial charge in [0.2, 0.25) is 11.8 Å². The van der Waals surface area contributed by atoms with Crippen molar-refractivity contribution in [1.29, 1.82) is 0 Å². The second-order valence-electron chi connectivity index (χ2n) is 3.54. The molecule has 0 aliphatic carbocycles. The minimum absolute atomic E-state index is 0.230. The molecule has 6 heteroatoms. The summed E-state index contributed by atoms with van der Waals surface area (Å²) in [7, 11) is 1.81. The highest BCUT2D eigenvalue weighted by Crippen LogP contribution is 1.89. The lowest BCUT2D eigenvalue weighted by atomic mass is 10.4. The molecule has 0 saturated carbocycles. The number of rotatable bonds is 8. The Hall–Kier alpha value is -1.14. The smallest absolute Gasteiger partial charge is 0.231 e. The molecule has 0 atom stereocenters. The third kappa shape index (κ3) is 7.90. The van der Waals surface area contributed by atoms with E-state index in [4.69, 9.17) is 11.5 Å². The lowest BCUT2D eigenvalue weighted by molar-refractivity contribution is -0.120. The van der Waals surface area contributed by atoms with Crippen LogP contribution in [0.25, 0.3) is 0 Å². The minimum Gasteiger partial charge on any atom is -0.369 e. The second kappa shape index (κ2) is 7.19. The maximum absolute atomic E-state index is 10.7. The number of hydrogen-bond donors (Lipinski definition) is 2. The van der Waals surface area contributed by atoms with Crippen LogP contribution < -0.4 is 11.5 Å². The molecule has 0 aromatic heterocycles. The molecular weight excluding hydrogens is 196 g/mol. The number of carbonyl (C=O) groups is 2. The maximum atomic E-state index is 10.7. The molecule has 2 amide bonds. The highest BCUT2D eigenvalue weighted by atomic mass is 16.1. The molecule has 0 heterocycles. The summed E-state index contributed by atoms with van der Waals surface area (Å²) < 4.78 is 0. The van der Waals surface area contributed by atoms with E-state index < -0.39 is 0 Å². The lowest BCUT2D eigenvalue weighted by Crippen LogP contribution is -2.40. The lowest BCUT2D eigenvalue weighted by Gasteiger charge is -2.22. The Balaban J connectivity index is 3.79. The van der Waals surface area contributed by atoms with Gasteiger partial charge < -0.3 is 11.5 Å². The Morgan fingerprint density at radius 2 is 1.60 bits per heavy atom. The van der Waals surface area contributed by atoms with Crippen molar-refractivity contribution in [3.63, 3.8) is 0 Å². The number of amides is 2. The largest absolute Gasteiger partial charge is 0.369 e. The van der Waals surface area contributed by atoms with Gasteiger partial charge in [0.1, 0.15) is 0 Å². The van der Waals surface area contributed by atoms with Crippen LogP contribution in [0.2, 0.25) is 0 Å².